The lowest BCUT2D eigenvalue weighted by molar-refractivity contribution is 0.102. The summed E-state index contributed by atoms with van der Waals surface area (Å²) in [7, 11) is -2.11. The predicted octanol–water partition coefficient (Wildman–Crippen LogP) is 5.70. The average Bonchev–Trinajstić information content (AvgIpc) is 3.10. The summed E-state index contributed by atoms with van der Waals surface area (Å²) in [5.74, 6) is -0.0404. The van der Waals surface area contributed by atoms with Gasteiger partial charge in [-0.25, -0.2) is 8.42 Å². The maximum Gasteiger partial charge on any atom is 0.258 e. The van der Waals surface area contributed by atoms with Crippen LogP contribution in [0.3, 0.4) is 0 Å². The summed E-state index contributed by atoms with van der Waals surface area (Å²) in [5.41, 5.74) is 2.32. The molecule has 1 saturated heterocycles. The zero-order valence-electron chi connectivity index (χ0n) is 22.0. The van der Waals surface area contributed by atoms with Gasteiger partial charge in [0.25, 0.3) is 11.8 Å². The monoisotopic (exact) mass is 567 g/mol. The first-order chi connectivity index (χ1) is 18.9. The maximum atomic E-state index is 13.5. The van der Waals surface area contributed by atoms with E-state index in [4.69, 9.17) is 4.74 Å². The van der Waals surface area contributed by atoms with Crippen molar-refractivity contribution in [1.82, 2.24) is 4.31 Å². The van der Waals surface area contributed by atoms with Crippen LogP contribution in [0.15, 0.2) is 53.4 Å². The van der Waals surface area contributed by atoms with Crippen LogP contribution in [-0.4, -0.2) is 44.7 Å². The summed E-state index contributed by atoms with van der Waals surface area (Å²) >= 11 is 1.43. The molecule has 1 aliphatic carbocycles. The number of nitrogens with zero attached hydrogens (tertiary/aromatic N) is 1. The highest BCUT2D eigenvalue weighted by Crippen LogP contribution is 2.39. The van der Waals surface area contributed by atoms with E-state index >= 15 is 0 Å². The minimum absolute atomic E-state index is 0.111. The topological polar surface area (TPSA) is 105 Å². The minimum atomic E-state index is -3.69. The summed E-state index contributed by atoms with van der Waals surface area (Å²) in [4.78, 5) is 28.1. The number of amides is 2. The van der Waals surface area contributed by atoms with E-state index in [1.807, 2.05) is 0 Å². The van der Waals surface area contributed by atoms with Crippen molar-refractivity contribution in [1.29, 1.82) is 0 Å². The summed E-state index contributed by atoms with van der Waals surface area (Å²) in [6.45, 7) is 0.984. The number of methoxy groups -OCH3 is 1. The van der Waals surface area contributed by atoms with Gasteiger partial charge in [-0.2, -0.15) is 4.31 Å². The third-order valence-electron chi connectivity index (χ3n) is 7.27. The molecule has 8 nitrogen and oxygen atoms in total. The predicted molar refractivity (Wildman–Crippen MR) is 154 cm³/mol. The number of benzene rings is 2. The molecule has 3 aromatic rings. The Hall–Kier alpha value is -3.21. The van der Waals surface area contributed by atoms with Gasteiger partial charge in [-0.1, -0.05) is 18.9 Å². The Morgan fingerprint density at radius 3 is 2.31 bits per heavy atom. The number of ether oxygens (including phenoxy) is 1. The van der Waals surface area contributed by atoms with Gasteiger partial charge in [0, 0.05) is 29.2 Å². The molecule has 2 amide bonds. The van der Waals surface area contributed by atoms with Crippen LogP contribution in [0, 0.1) is 0 Å². The quantitative estimate of drug-likeness (QED) is 0.381. The third kappa shape index (κ3) is 6.03. The van der Waals surface area contributed by atoms with Crippen molar-refractivity contribution in [3.8, 4) is 5.75 Å². The first kappa shape index (κ1) is 27.4. The lowest BCUT2D eigenvalue weighted by Crippen LogP contribution is -2.32. The van der Waals surface area contributed by atoms with Crippen LogP contribution in [0.4, 0.5) is 10.7 Å². The van der Waals surface area contributed by atoms with Crippen LogP contribution >= 0.6 is 11.3 Å². The Morgan fingerprint density at radius 2 is 1.59 bits per heavy atom. The van der Waals surface area contributed by atoms with Crippen LogP contribution < -0.4 is 15.4 Å². The van der Waals surface area contributed by atoms with E-state index in [0.717, 1.165) is 61.8 Å². The number of thiophene rings is 1. The fourth-order valence-electron chi connectivity index (χ4n) is 5.17. The maximum absolute atomic E-state index is 13.5. The SMILES string of the molecule is COc1ccc(NC(=O)c2c(NC(=O)c3cccc(S(=O)(=O)N4CCCCCC4)c3)sc3c2CCCC3)cc1. The van der Waals surface area contributed by atoms with Gasteiger partial charge >= 0.3 is 0 Å². The number of sulfonamides is 1. The van der Waals surface area contributed by atoms with Crippen LogP contribution in [0.1, 0.15) is 69.7 Å². The molecule has 2 N–H and O–H groups in total. The van der Waals surface area contributed by atoms with Gasteiger partial charge in [0.05, 0.1) is 17.6 Å². The van der Waals surface area contributed by atoms with E-state index in [9.17, 15) is 18.0 Å². The number of nitrogens with one attached hydrogen (secondary N) is 2. The van der Waals surface area contributed by atoms with Gasteiger partial charge in [0.2, 0.25) is 10.0 Å². The standard InChI is InChI=1S/C29H33N3O5S2/c1-37-22-15-13-21(14-16-22)30-28(34)26-24-11-4-5-12-25(24)38-29(26)31-27(33)20-9-8-10-23(19-20)39(35,36)32-17-6-2-3-7-18-32/h8-10,13-16,19H,2-7,11-12,17-18H2,1H3,(H,30,34)(H,31,33). The average molecular weight is 568 g/mol. The molecule has 0 bridgehead atoms. The van der Waals surface area contributed by atoms with Crippen molar-refractivity contribution in [3.63, 3.8) is 0 Å². The van der Waals surface area contributed by atoms with Crippen molar-refractivity contribution in [2.24, 2.45) is 0 Å². The number of carbonyl (C=O) groups is 2. The second-order valence-corrected chi connectivity index (χ2v) is 12.9. The number of rotatable bonds is 7. The highest BCUT2D eigenvalue weighted by atomic mass is 32.2. The van der Waals surface area contributed by atoms with Crippen LogP contribution in [0.5, 0.6) is 5.75 Å². The van der Waals surface area contributed by atoms with Crippen molar-refractivity contribution in [3.05, 3.63) is 70.1 Å². The number of hydrogen-bond acceptors (Lipinski definition) is 6. The molecule has 2 aliphatic rings. The lowest BCUT2D eigenvalue weighted by Gasteiger charge is -2.20. The molecule has 1 fully saturated rings. The van der Waals surface area contributed by atoms with Crippen molar-refractivity contribution < 1.29 is 22.7 Å². The molecule has 0 atom stereocenters. The summed E-state index contributed by atoms with van der Waals surface area (Å²) < 4.78 is 33.3. The van der Waals surface area contributed by atoms with E-state index in [1.165, 1.54) is 27.8 Å². The Labute approximate surface area is 233 Å². The smallest absolute Gasteiger partial charge is 0.258 e. The van der Waals surface area contributed by atoms with Gasteiger partial charge in [-0.3, -0.25) is 9.59 Å². The third-order valence-corrected chi connectivity index (χ3v) is 10.4. The van der Waals surface area contributed by atoms with Crippen LogP contribution in [-0.2, 0) is 22.9 Å². The van der Waals surface area contributed by atoms with Crippen LogP contribution in [0.25, 0.3) is 0 Å². The molecule has 0 radical (unpaired) electrons. The normalized spacial score (nSPS) is 16.1. The van der Waals surface area contributed by atoms with Gasteiger partial charge in [0.15, 0.2) is 0 Å². The lowest BCUT2D eigenvalue weighted by atomic mass is 9.95. The van der Waals surface area contributed by atoms with Crippen molar-refractivity contribution >= 4 is 43.9 Å². The molecule has 0 saturated carbocycles. The van der Waals surface area contributed by atoms with E-state index in [2.05, 4.69) is 10.6 Å². The van der Waals surface area contributed by atoms with Crippen LogP contribution in [0.2, 0.25) is 0 Å². The Morgan fingerprint density at radius 1 is 0.872 bits per heavy atom. The molecule has 1 aliphatic heterocycles. The van der Waals surface area contributed by atoms with Gasteiger partial charge in [0.1, 0.15) is 10.8 Å². The van der Waals surface area contributed by atoms with E-state index in [-0.39, 0.29) is 16.4 Å². The Bertz CT molecular complexity index is 1460. The molecule has 39 heavy (non-hydrogen) atoms. The van der Waals surface area contributed by atoms with E-state index < -0.39 is 15.9 Å². The van der Waals surface area contributed by atoms with Gasteiger partial charge in [-0.05, 0) is 86.6 Å². The summed E-state index contributed by atoms with van der Waals surface area (Å²) in [5, 5.41) is 6.36. The number of fused-ring (bicyclic) bond motifs is 1. The molecule has 206 valence electrons. The first-order valence-electron chi connectivity index (χ1n) is 13.4. The molecular formula is C29H33N3O5S2. The number of aryl methyl sites for hydroxylation is 1. The number of carbonyl (C=O) groups excluding carboxylic acids is 2. The van der Waals surface area contributed by atoms with Gasteiger partial charge < -0.3 is 15.4 Å². The molecular weight excluding hydrogens is 534 g/mol. The van der Waals surface area contributed by atoms with Crippen molar-refractivity contribution in [2.75, 3.05) is 30.8 Å². The second kappa shape index (κ2) is 11.9. The highest BCUT2D eigenvalue weighted by molar-refractivity contribution is 7.89. The van der Waals surface area contributed by atoms with Crippen molar-refractivity contribution in [2.45, 2.75) is 56.3 Å². The van der Waals surface area contributed by atoms with Gasteiger partial charge in [-0.15, -0.1) is 11.3 Å². The molecule has 1 aromatic heterocycles. The fourth-order valence-corrected chi connectivity index (χ4v) is 8.01. The summed E-state index contributed by atoms with van der Waals surface area (Å²) in [6.07, 6.45) is 7.38. The Balaban J connectivity index is 1.40. The Kier molecular flexibility index (Phi) is 8.34. The van der Waals surface area contributed by atoms with E-state index in [1.54, 1.807) is 43.5 Å². The van der Waals surface area contributed by atoms with E-state index in [0.29, 0.717) is 35.1 Å². The minimum Gasteiger partial charge on any atom is -0.497 e. The molecule has 2 aromatic carbocycles. The first-order valence-corrected chi connectivity index (χ1v) is 15.6. The molecule has 0 spiro atoms. The summed E-state index contributed by atoms with van der Waals surface area (Å²) in [6, 6.07) is 13.2. The largest absolute Gasteiger partial charge is 0.497 e. The fraction of sp³-hybridized carbons (Fsp3) is 0.379. The number of anilines is 2. The second-order valence-electron chi connectivity index (χ2n) is 9.90. The zero-order chi connectivity index (χ0) is 27.4. The molecule has 2 heterocycles. The molecule has 10 heteroatoms. The highest BCUT2D eigenvalue weighted by Gasteiger charge is 2.28. The zero-order valence-corrected chi connectivity index (χ0v) is 23.6. The number of hydrogen-bond donors (Lipinski definition) is 2. The molecule has 5 rings (SSSR count). The molecule has 0 unspecified atom stereocenters.